The molecule has 0 spiro atoms. The van der Waals surface area contributed by atoms with Crippen LogP contribution < -0.4 is 15.5 Å². The van der Waals surface area contributed by atoms with E-state index in [1.165, 1.54) is 37.1 Å². The van der Waals surface area contributed by atoms with Crippen LogP contribution in [0.25, 0.3) is 0 Å². The first-order chi connectivity index (χ1) is 15.4. The molecular formula is C22H25N5O3S2. The largest absolute Gasteiger partial charge is 0.370 e. The van der Waals surface area contributed by atoms with Gasteiger partial charge in [-0.3, -0.25) is 10.3 Å². The second-order valence-electron chi connectivity index (χ2n) is 7.72. The maximum atomic E-state index is 12.6. The molecule has 1 aromatic carbocycles. The third-order valence-corrected chi connectivity index (χ3v) is 7.99. The molecule has 0 bridgehead atoms. The van der Waals surface area contributed by atoms with E-state index in [9.17, 15) is 13.2 Å². The zero-order valence-corrected chi connectivity index (χ0v) is 19.4. The van der Waals surface area contributed by atoms with Crippen molar-refractivity contribution in [1.29, 1.82) is 0 Å². The first kappa shape index (κ1) is 22.2. The predicted molar refractivity (Wildman–Crippen MR) is 127 cm³/mol. The van der Waals surface area contributed by atoms with E-state index in [0.29, 0.717) is 10.0 Å². The van der Waals surface area contributed by atoms with Crippen molar-refractivity contribution in [2.45, 2.75) is 36.8 Å². The Balaban J connectivity index is 1.42. The Hall–Kier alpha value is -2.98. The summed E-state index contributed by atoms with van der Waals surface area (Å²) in [6, 6.07) is 8.48. The van der Waals surface area contributed by atoms with Gasteiger partial charge in [0.15, 0.2) is 15.0 Å². The van der Waals surface area contributed by atoms with Crippen LogP contribution in [0.2, 0.25) is 0 Å². The van der Waals surface area contributed by atoms with Crippen LogP contribution in [0.3, 0.4) is 0 Å². The average molecular weight is 472 g/mol. The van der Waals surface area contributed by atoms with E-state index in [1.54, 1.807) is 0 Å². The van der Waals surface area contributed by atoms with Crippen LogP contribution in [0.5, 0.6) is 0 Å². The first-order valence-electron chi connectivity index (χ1n) is 10.4. The molecule has 2 amide bonds. The molecule has 0 saturated carbocycles. The van der Waals surface area contributed by atoms with E-state index in [-0.39, 0.29) is 10.6 Å². The number of hydrogen-bond donors (Lipinski definition) is 2. The molecule has 0 atom stereocenters. The van der Waals surface area contributed by atoms with Crippen molar-refractivity contribution in [1.82, 2.24) is 9.97 Å². The SMILES string of the molecule is Cc1ccc(NC(=O)Nc2ncc(CS(=O)(=O)c3ccncc3)s2)c(N2CCCCC2)c1. The number of nitrogens with zero attached hydrogens (tertiary/aromatic N) is 3. The van der Waals surface area contributed by atoms with Crippen LogP contribution in [0.15, 0.2) is 53.8 Å². The van der Waals surface area contributed by atoms with E-state index in [2.05, 4.69) is 31.6 Å². The maximum Gasteiger partial charge on any atom is 0.325 e. The summed E-state index contributed by atoms with van der Waals surface area (Å²) in [4.78, 5) is 23.7. The number of amides is 2. The third kappa shape index (κ3) is 5.43. The molecule has 0 aliphatic carbocycles. The number of piperidine rings is 1. The number of benzene rings is 1. The number of urea groups is 1. The molecular weight excluding hydrogens is 446 g/mol. The summed E-state index contributed by atoms with van der Waals surface area (Å²) in [6.45, 7) is 3.98. The molecule has 8 nitrogen and oxygen atoms in total. The zero-order valence-electron chi connectivity index (χ0n) is 17.7. The number of hydrogen-bond acceptors (Lipinski definition) is 7. The van der Waals surface area contributed by atoms with Crippen molar-refractivity contribution in [3.63, 3.8) is 0 Å². The lowest BCUT2D eigenvalue weighted by molar-refractivity contribution is 0.262. The molecule has 2 N–H and O–H groups in total. The topological polar surface area (TPSA) is 104 Å². The second kappa shape index (κ2) is 9.66. The number of aromatic nitrogens is 2. The van der Waals surface area contributed by atoms with Crippen molar-refractivity contribution < 1.29 is 13.2 Å². The highest BCUT2D eigenvalue weighted by Crippen LogP contribution is 2.30. The van der Waals surface area contributed by atoms with Gasteiger partial charge >= 0.3 is 6.03 Å². The Morgan fingerprint density at radius 2 is 1.84 bits per heavy atom. The van der Waals surface area contributed by atoms with E-state index < -0.39 is 15.9 Å². The van der Waals surface area contributed by atoms with E-state index in [0.717, 1.165) is 54.2 Å². The quantitative estimate of drug-likeness (QED) is 0.550. The highest BCUT2D eigenvalue weighted by molar-refractivity contribution is 7.90. The first-order valence-corrected chi connectivity index (χ1v) is 12.9. The molecule has 1 aliphatic heterocycles. The monoisotopic (exact) mass is 471 g/mol. The van der Waals surface area contributed by atoms with Gasteiger partial charge in [0.25, 0.3) is 0 Å². The number of aryl methyl sites for hydroxylation is 1. The lowest BCUT2D eigenvalue weighted by Crippen LogP contribution is -2.31. The molecule has 3 heterocycles. The zero-order chi connectivity index (χ0) is 22.6. The minimum atomic E-state index is -3.50. The fraction of sp³-hybridized carbons (Fsp3) is 0.318. The summed E-state index contributed by atoms with van der Waals surface area (Å²) in [5.74, 6) is -0.185. The van der Waals surface area contributed by atoms with Gasteiger partial charge in [-0.2, -0.15) is 0 Å². The van der Waals surface area contributed by atoms with Crippen molar-refractivity contribution >= 4 is 43.7 Å². The Kier molecular flexibility index (Phi) is 6.71. The predicted octanol–water partition coefficient (Wildman–Crippen LogP) is 4.45. The van der Waals surface area contributed by atoms with Gasteiger partial charge in [-0.05, 0) is 56.0 Å². The third-order valence-electron chi connectivity index (χ3n) is 5.21. The van der Waals surface area contributed by atoms with Crippen LogP contribution in [-0.4, -0.2) is 37.5 Å². The Bertz CT molecular complexity index is 1190. The Morgan fingerprint density at radius 3 is 2.59 bits per heavy atom. The van der Waals surface area contributed by atoms with Crippen LogP contribution in [0.1, 0.15) is 29.7 Å². The lowest BCUT2D eigenvalue weighted by atomic mass is 10.1. The number of nitrogens with one attached hydrogen (secondary N) is 2. The van der Waals surface area contributed by atoms with Gasteiger partial charge < -0.3 is 10.2 Å². The minimum Gasteiger partial charge on any atom is -0.370 e. The Morgan fingerprint density at radius 1 is 1.09 bits per heavy atom. The maximum absolute atomic E-state index is 12.6. The van der Waals surface area contributed by atoms with Gasteiger partial charge in [0.05, 0.1) is 22.0 Å². The summed E-state index contributed by atoms with van der Waals surface area (Å²) < 4.78 is 25.1. The van der Waals surface area contributed by atoms with Crippen LogP contribution in [0.4, 0.5) is 21.3 Å². The molecule has 1 saturated heterocycles. The molecule has 1 fully saturated rings. The highest BCUT2D eigenvalue weighted by Gasteiger charge is 2.19. The fourth-order valence-electron chi connectivity index (χ4n) is 3.64. The smallest absolute Gasteiger partial charge is 0.325 e. The van der Waals surface area contributed by atoms with Gasteiger partial charge in [0.2, 0.25) is 0 Å². The fourth-order valence-corrected chi connectivity index (χ4v) is 6.10. The summed E-state index contributed by atoms with van der Waals surface area (Å²) >= 11 is 1.14. The van der Waals surface area contributed by atoms with Gasteiger partial charge in [0.1, 0.15) is 0 Å². The van der Waals surface area contributed by atoms with Crippen molar-refractivity contribution in [2.24, 2.45) is 0 Å². The number of pyridine rings is 1. The molecule has 10 heteroatoms. The van der Waals surface area contributed by atoms with Crippen LogP contribution in [0, 0.1) is 6.92 Å². The summed E-state index contributed by atoms with van der Waals surface area (Å²) in [7, 11) is -3.50. The van der Waals surface area contributed by atoms with Gasteiger partial charge in [-0.15, -0.1) is 11.3 Å². The number of anilines is 3. The standard InChI is InChI=1S/C22H25N5O3S2/c1-16-5-6-19(20(13-16)27-11-3-2-4-12-27)25-21(28)26-22-24-14-17(31-22)15-32(29,30)18-7-9-23-10-8-18/h5-10,13-14H,2-4,11-12,15H2,1H3,(H2,24,25,26,28). The van der Waals surface area contributed by atoms with Gasteiger partial charge in [-0.1, -0.05) is 6.07 Å². The molecule has 3 aromatic rings. The van der Waals surface area contributed by atoms with Crippen LogP contribution in [-0.2, 0) is 15.6 Å². The van der Waals surface area contributed by atoms with Gasteiger partial charge in [-0.25, -0.2) is 18.2 Å². The highest BCUT2D eigenvalue weighted by atomic mass is 32.2. The number of thiazole rings is 1. The molecule has 0 unspecified atom stereocenters. The molecule has 4 rings (SSSR count). The second-order valence-corrected chi connectivity index (χ2v) is 10.8. The summed E-state index contributed by atoms with van der Waals surface area (Å²) in [5, 5.41) is 5.97. The minimum absolute atomic E-state index is 0.185. The Labute approximate surface area is 191 Å². The summed E-state index contributed by atoms with van der Waals surface area (Å²) in [5.41, 5.74) is 2.90. The average Bonchev–Trinajstić information content (AvgIpc) is 3.22. The van der Waals surface area contributed by atoms with E-state index in [4.69, 9.17) is 0 Å². The molecule has 0 radical (unpaired) electrons. The molecule has 1 aliphatic rings. The number of sulfone groups is 1. The van der Waals surface area contributed by atoms with Crippen molar-refractivity contribution in [2.75, 3.05) is 28.6 Å². The van der Waals surface area contributed by atoms with Crippen molar-refractivity contribution in [3.05, 3.63) is 59.4 Å². The van der Waals surface area contributed by atoms with E-state index >= 15 is 0 Å². The number of rotatable bonds is 6. The van der Waals surface area contributed by atoms with Crippen molar-refractivity contribution in [3.8, 4) is 0 Å². The normalized spacial score (nSPS) is 14.2. The van der Waals surface area contributed by atoms with Crippen LogP contribution >= 0.6 is 11.3 Å². The number of carbonyl (C=O) groups is 1. The molecule has 168 valence electrons. The summed E-state index contributed by atoms with van der Waals surface area (Å²) in [6.07, 6.45) is 7.88. The van der Waals surface area contributed by atoms with Gasteiger partial charge in [0, 0.05) is 36.6 Å². The lowest BCUT2D eigenvalue weighted by Gasteiger charge is -2.30. The number of carbonyl (C=O) groups excluding carboxylic acids is 1. The van der Waals surface area contributed by atoms with E-state index in [1.807, 2.05) is 19.1 Å². The molecule has 2 aromatic heterocycles. The molecule has 32 heavy (non-hydrogen) atoms.